The number of rotatable bonds is 5. The summed E-state index contributed by atoms with van der Waals surface area (Å²) in [6.45, 7) is 2.41. The zero-order chi connectivity index (χ0) is 17.2. The third-order valence-electron chi connectivity index (χ3n) is 5.29. The maximum atomic E-state index is 12.8. The second-order valence-electron chi connectivity index (χ2n) is 6.51. The largest absolute Gasteiger partial charge is 0.385 e. The molecule has 2 heterocycles. The summed E-state index contributed by atoms with van der Waals surface area (Å²) in [7, 11) is -1.84. The summed E-state index contributed by atoms with van der Waals surface area (Å²) < 4.78 is 38.5. The minimum absolute atomic E-state index is 0.186. The average molecular weight is 374 g/mol. The molecule has 24 heavy (non-hydrogen) atoms. The molecule has 2 aliphatic rings. The zero-order valence-corrected chi connectivity index (χ0v) is 15.5. The van der Waals surface area contributed by atoms with Crippen LogP contribution in [0.5, 0.6) is 0 Å². The Balaban J connectivity index is 1.72. The Kier molecular flexibility index (Phi) is 5.52. The van der Waals surface area contributed by atoms with Crippen molar-refractivity contribution >= 4 is 21.6 Å². The maximum Gasteiger partial charge on any atom is 0.244 e. The smallest absolute Gasteiger partial charge is 0.244 e. The summed E-state index contributed by atoms with van der Waals surface area (Å²) in [5, 5.41) is 0.271. The molecular formula is C17H24ClNO4S. The lowest BCUT2D eigenvalue weighted by molar-refractivity contribution is -0.0603. The van der Waals surface area contributed by atoms with Crippen molar-refractivity contribution < 1.29 is 17.9 Å². The number of nitrogens with zero attached hydrogens (tertiary/aromatic N) is 1. The molecule has 3 rings (SSSR count). The molecule has 2 aliphatic heterocycles. The van der Waals surface area contributed by atoms with Crippen LogP contribution in [0, 0.1) is 5.92 Å². The van der Waals surface area contributed by atoms with E-state index in [4.69, 9.17) is 21.1 Å². The Morgan fingerprint density at radius 2 is 2.04 bits per heavy atom. The summed E-state index contributed by atoms with van der Waals surface area (Å²) in [5.41, 5.74) is -0.189. The molecule has 134 valence electrons. The van der Waals surface area contributed by atoms with Crippen LogP contribution in [0.4, 0.5) is 0 Å². The number of piperidine rings is 1. The van der Waals surface area contributed by atoms with Crippen molar-refractivity contribution in [1.82, 2.24) is 4.31 Å². The van der Waals surface area contributed by atoms with Gasteiger partial charge in [0.2, 0.25) is 10.0 Å². The molecule has 0 amide bonds. The molecule has 2 saturated heterocycles. The summed E-state index contributed by atoms with van der Waals surface area (Å²) in [5.74, 6) is 0.447. The molecule has 1 atom stereocenters. The Bertz CT molecular complexity index is 671. The molecule has 1 spiro atoms. The number of hydrogen-bond acceptors (Lipinski definition) is 4. The first kappa shape index (κ1) is 18.1. The first-order valence-electron chi connectivity index (χ1n) is 8.37. The van der Waals surface area contributed by atoms with E-state index in [1.165, 1.54) is 4.31 Å². The lowest BCUT2D eigenvalue weighted by atomic mass is 9.78. The molecule has 5 nitrogen and oxygen atoms in total. The number of hydrogen-bond donors (Lipinski definition) is 0. The fourth-order valence-corrected chi connectivity index (χ4v) is 5.84. The van der Waals surface area contributed by atoms with Crippen molar-refractivity contribution in [2.75, 3.05) is 33.4 Å². The number of sulfonamides is 1. The highest BCUT2D eigenvalue weighted by Crippen LogP contribution is 2.43. The van der Waals surface area contributed by atoms with Crippen LogP contribution in [0.15, 0.2) is 29.2 Å². The molecule has 0 aliphatic carbocycles. The van der Waals surface area contributed by atoms with Crippen LogP contribution in [0.3, 0.4) is 0 Å². The second kappa shape index (κ2) is 7.30. The van der Waals surface area contributed by atoms with Crippen LogP contribution >= 0.6 is 11.6 Å². The fourth-order valence-electron chi connectivity index (χ4n) is 3.90. The normalized spacial score (nSPS) is 24.5. The van der Waals surface area contributed by atoms with Crippen molar-refractivity contribution in [1.29, 1.82) is 0 Å². The van der Waals surface area contributed by atoms with Gasteiger partial charge in [-0.3, -0.25) is 0 Å². The monoisotopic (exact) mass is 373 g/mol. The van der Waals surface area contributed by atoms with E-state index in [-0.39, 0.29) is 15.5 Å². The quantitative estimate of drug-likeness (QED) is 0.796. The molecule has 7 heteroatoms. The minimum atomic E-state index is -3.55. The van der Waals surface area contributed by atoms with Gasteiger partial charge in [-0.2, -0.15) is 4.31 Å². The molecule has 2 fully saturated rings. The lowest BCUT2D eigenvalue weighted by Crippen LogP contribution is -2.49. The zero-order valence-electron chi connectivity index (χ0n) is 13.9. The van der Waals surface area contributed by atoms with Gasteiger partial charge in [0.05, 0.1) is 10.6 Å². The molecule has 1 aromatic rings. The van der Waals surface area contributed by atoms with Gasteiger partial charge in [-0.15, -0.1) is 0 Å². The van der Waals surface area contributed by atoms with Crippen LogP contribution in [-0.4, -0.2) is 51.7 Å². The average Bonchev–Trinajstić information content (AvgIpc) is 2.95. The van der Waals surface area contributed by atoms with Crippen LogP contribution in [0.2, 0.25) is 5.02 Å². The third-order valence-corrected chi connectivity index (χ3v) is 7.69. The molecule has 1 unspecified atom stereocenters. The summed E-state index contributed by atoms with van der Waals surface area (Å²) in [6, 6.07) is 6.61. The number of halogens is 1. The van der Waals surface area contributed by atoms with Crippen LogP contribution in [-0.2, 0) is 19.5 Å². The van der Waals surface area contributed by atoms with Gasteiger partial charge in [0.15, 0.2) is 0 Å². The molecule has 0 aromatic heterocycles. The summed E-state index contributed by atoms with van der Waals surface area (Å²) in [6.07, 6.45) is 3.45. The highest BCUT2D eigenvalue weighted by atomic mass is 35.5. The minimum Gasteiger partial charge on any atom is -0.385 e. The van der Waals surface area contributed by atoms with E-state index >= 15 is 0 Å². The predicted octanol–water partition coefficient (Wildman–Crippen LogP) is 2.94. The highest BCUT2D eigenvalue weighted by molar-refractivity contribution is 7.89. The molecule has 0 N–H and O–H groups in total. The molecule has 0 saturated carbocycles. The van der Waals surface area contributed by atoms with Crippen molar-refractivity contribution in [3.05, 3.63) is 29.3 Å². The summed E-state index contributed by atoms with van der Waals surface area (Å²) >= 11 is 6.08. The predicted molar refractivity (Wildman–Crippen MR) is 92.7 cm³/mol. The molecule has 1 aromatic carbocycles. The number of ether oxygens (including phenoxy) is 2. The first-order valence-corrected chi connectivity index (χ1v) is 10.2. The molecule has 0 bridgehead atoms. The van der Waals surface area contributed by atoms with Crippen LogP contribution < -0.4 is 0 Å². The van der Waals surface area contributed by atoms with Crippen molar-refractivity contribution in [2.45, 2.75) is 36.2 Å². The van der Waals surface area contributed by atoms with Gasteiger partial charge in [0, 0.05) is 33.4 Å². The van der Waals surface area contributed by atoms with Gasteiger partial charge < -0.3 is 9.47 Å². The van der Waals surface area contributed by atoms with E-state index in [1.54, 1.807) is 31.4 Å². The van der Waals surface area contributed by atoms with E-state index in [0.717, 1.165) is 38.9 Å². The van der Waals surface area contributed by atoms with Crippen molar-refractivity contribution in [3.63, 3.8) is 0 Å². The van der Waals surface area contributed by atoms with Crippen molar-refractivity contribution in [3.8, 4) is 0 Å². The molecular weight excluding hydrogens is 350 g/mol. The molecule has 0 radical (unpaired) electrons. The fraction of sp³-hybridized carbons (Fsp3) is 0.647. The van der Waals surface area contributed by atoms with E-state index in [9.17, 15) is 8.42 Å². The van der Waals surface area contributed by atoms with Gasteiger partial charge in [0.25, 0.3) is 0 Å². The third kappa shape index (κ3) is 3.35. The van der Waals surface area contributed by atoms with E-state index < -0.39 is 10.0 Å². The van der Waals surface area contributed by atoms with Crippen LogP contribution in [0.25, 0.3) is 0 Å². The van der Waals surface area contributed by atoms with E-state index in [0.29, 0.717) is 19.0 Å². The first-order chi connectivity index (χ1) is 11.5. The topological polar surface area (TPSA) is 55.8 Å². The standard InChI is InChI=1S/C17H24ClNO4S/c1-22-12-6-14-7-13-23-17(14)8-10-19(11-9-17)24(20,21)16-5-3-2-4-15(16)18/h2-5,14H,6-13H2,1H3. The highest BCUT2D eigenvalue weighted by Gasteiger charge is 2.47. The Hall–Kier alpha value is -0.660. The SMILES string of the molecule is COCCC1CCOC12CCN(S(=O)(=O)c1ccccc1Cl)CC2. The maximum absolute atomic E-state index is 12.8. The van der Waals surface area contributed by atoms with Gasteiger partial charge in [-0.05, 0) is 43.7 Å². The van der Waals surface area contributed by atoms with Gasteiger partial charge in [0.1, 0.15) is 4.90 Å². The number of benzene rings is 1. The van der Waals surface area contributed by atoms with Gasteiger partial charge in [-0.25, -0.2) is 8.42 Å². The van der Waals surface area contributed by atoms with Gasteiger partial charge >= 0.3 is 0 Å². The number of methoxy groups -OCH3 is 1. The Morgan fingerprint density at radius 3 is 2.71 bits per heavy atom. The second-order valence-corrected chi connectivity index (χ2v) is 8.83. The van der Waals surface area contributed by atoms with E-state index in [1.807, 2.05) is 0 Å². The van der Waals surface area contributed by atoms with Crippen LogP contribution in [0.1, 0.15) is 25.7 Å². The Labute approximate surface area is 148 Å². The Morgan fingerprint density at radius 1 is 1.33 bits per heavy atom. The van der Waals surface area contributed by atoms with Crippen molar-refractivity contribution in [2.24, 2.45) is 5.92 Å². The lowest BCUT2D eigenvalue weighted by Gasteiger charge is -2.41. The van der Waals surface area contributed by atoms with E-state index in [2.05, 4.69) is 0 Å². The summed E-state index contributed by atoms with van der Waals surface area (Å²) in [4.78, 5) is 0.186. The van der Waals surface area contributed by atoms with Gasteiger partial charge in [-0.1, -0.05) is 23.7 Å².